The zero-order chi connectivity index (χ0) is 21.6. The lowest BCUT2D eigenvalue weighted by atomic mass is 9.99. The van der Waals surface area contributed by atoms with Crippen LogP contribution in [0.15, 0.2) is 24.3 Å². The summed E-state index contributed by atoms with van der Waals surface area (Å²) in [6, 6.07) is 11.3. The van der Waals surface area contributed by atoms with Crippen molar-refractivity contribution in [3.05, 3.63) is 35.4 Å². The third kappa shape index (κ3) is 6.14. The van der Waals surface area contributed by atoms with Crippen LogP contribution in [0.1, 0.15) is 75.3 Å². The van der Waals surface area contributed by atoms with Crippen molar-refractivity contribution in [2.45, 2.75) is 89.4 Å². The lowest BCUT2D eigenvalue weighted by molar-refractivity contribution is 0.0892. The van der Waals surface area contributed by atoms with Crippen molar-refractivity contribution in [2.75, 3.05) is 52.4 Å². The van der Waals surface area contributed by atoms with Crippen LogP contribution in [0, 0.1) is 0 Å². The van der Waals surface area contributed by atoms with Crippen LogP contribution in [-0.4, -0.2) is 84.0 Å². The van der Waals surface area contributed by atoms with Gasteiger partial charge in [0, 0.05) is 25.2 Å². The van der Waals surface area contributed by atoms with Gasteiger partial charge in [0.1, 0.15) is 0 Å². The van der Waals surface area contributed by atoms with Crippen molar-refractivity contribution in [1.82, 2.24) is 19.6 Å². The first-order valence-electron chi connectivity index (χ1n) is 13.8. The number of likely N-dealkylation sites (tertiary alicyclic amines) is 4. The fourth-order valence-corrected chi connectivity index (χ4v) is 6.72. The standard InChI is InChI=1S/C28H46N4/c1-3-15-31(16-4-1)27-11-19-29(20-12-27)23-25-7-9-26(10-8-25)24-30-21-13-28(14-22-30)32-17-5-2-6-18-32/h7-10,27-28H,1-6,11-24H2. The van der Waals surface area contributed by atoms with Crippen molar-refractivity contribution >= 4 is 0 Å². The summed E-state index contributed by atoms with van der Waals surface area (Å²) in [6.07, 6.45) is 14.0. The molecule has 0 radical (unpaired) electrons. The van der Waals surface area contributed by atoms with E-state index in [1.165, 1.54) is 128 Å². The zero-order valence-corrected chi connectivity index (χ0v) is 20.4. The van der Waals surface area contributed by atoms with E-state index in [1.54, 1.807) is 0 Å². The molecule has 0 N–H and O–H groups in total. The molecule has 4 saturated heterocycles. The molecule has 32 heavy (non-hydrogen) atoms. The number of hydrogen-bond acceptors (Lipinski definition) is 4. The normalized spacial score (nSPS) is 26.5. The summed E-state index contributed by atoms with van der Waals surface area (Å²) in [5, 5.41) is 0. The number of benzene rings is 1. The largest absolute Gasteiger partial charge is 0.300 e. The third-order valence-electron chi connectivity index (χ3n) is 8.76. The zero-order valence-electron chi connectivity index (χ0n) is 20.4. The first-order valence-corrected chi connectivity index (χ1v) is 13.8. The molecule has 1 aromatic carbocycles. The molecule has 0 atom stereocenters. The second-order valence-electron chi connectivity index (χ2n) is 11.0. The molecule has 178 valence electrons. The molecule has 1 aromatic rings. The van der Waals surface area contributed by atoms with Crippen molar-refractivity contribution < 1.29 is 0 Å². The molecule has 0 aromatic heterocycles. The Bertz CT molecular complexity index is 602. The van der Waals surface area contributed by atoms with E-state index in [0.717, 1.165) is 25.2 Å². The van der Waals surface area contributed by atoms with Crippen LogP contribution in [0.2, 0.25) is 0 Å². The molecule has 0 saturated carbocycles. The van der Waals surface area contributed by atoms with E-state index in [-0.39, 0.29) is 0 Å². The van der Waals surface area contributed by atoms with E-state index in [4.69, 9.17) is 0 Å². The highest BCUT2D eigenvalue weighted by Crippen LogP contribution is 2.24. The van der Waals surface area contributed by atoms with E-state index < -0.39 is 0 Å². The summed E-state index contributed by atoms with van der Waals surface area (Å²) < 4.78 is 0. The van der Waals surface area contributed by atoms with E-state index in [0.29, 0.717) is 0 Å². The summed E-state index contributed by atoms with van der Waals surface area (Å²) >= 11 is 0. The fourth-order valence-electron chi connectivity index (χ4n) is 6.72. The van der Waals surface area contributed by atoms with Gasteiger partial charge in [0.05, 0.1) is 0 Å². The Labute approximate surface area is 196 Å². The monoisotopic (exact) mass is 438 g/mol. The minimum Gasteiger partial charge on any atom is -0.300 e. The molecule has 0 bridgehead atoms. The minimum atomic E-state index is 0.855. The second-order valence-corrected chi connectivity index (χ2v) is 11.0. The summed E-state index contributed by atoms with van der Waals surface area (Å²) in [5.41, 5.74) is 2.99. The lowest BCUT2D eigenvalue weighted by Crippen LogP contribution is -2.46. The van der Waals surface area contributed by atoms with E-state index >= 15 is 0 Å². The summed E-state index contributed by atoms with van der Waals surface area (Å²) in [4.78, 5) is 10.9. The summed E-state index contributed by atoms with van der Waals surface area (Å²) in [7, 11) is 0. The van der Waals surface area contributed by atoms with Crippen LogP contribution in [0.3, 0.4) is 0 Å². The van der Waals surface area contributed by atoms with Gasteiger partial charge in [-0.1, -0.05) is 37.1 Å². The van der Waals surface area contributed by atoms with Crippen LogP contribution in [0.25, 0.3) is 0 Å². The Hall–Kier alpha value is -0.940. The highest BCUT2D eigenvalue weighted by molar-refractivity contribution is 5.22. The molecule has 0 aliphatic carbocycles. The number of rotatable bonds is 6. The molecule has 4 nitrogen and oxygen atoms in total. The Kier molecular flexibility index (Phi) is 8.18. The van der Waals surface area contributed by atoms with Crippen molar-refractivity contribution in [3.63, 3.8) is 0 Å². The topological polar surface area (TPSA) is 13.0 Å². The van der Waals surface area contributed by atoms with E-state index in [1.807, 2.05) is 0 Å². The number of piperidine rings is 4. The third-order valence-corrected chi connectivity index (χ3v) is 8.76. The van der Waals surface area contributed by atoms with Gasteiger partial charge in [-0.25, -0.2) is 0 Å². The molecule has 4 fully saturated rings. The predicted molar refractivity (Wildman–Crippen MR) is 134 cm³/mol. The van der Waals surface area contributed by atoms with Crippen molar-refractivity contribution in [1.29, 1.82) is 0 Å². The number of hydrogen-bond donors (Lipinski definition) is 0. The molecule has 0 amide bonds. The molecule has 5 rings (SSSR count). The summed E-state index contributed by atoms with van der Waals surface area (Å²) in [5.74, 6) is 0. The smallest absolute Gasteiger partial charge is 0.0233 e. The second kappa shape index (κ2) is 11.5. The quantitative estimate of drug-likeness (QED) is 0.644. The maximum Gasteiger partial charge on any atom is 0.0233 e. The molecule has 0 unspecified atom stereocenters. The van der Waals surface area contributed by atoms with Crippen LogP contribution in [0.5, 0.6) is 0 Å². The number of nitrogens with zero attached hydrogens (tertiary/aromatic N) is 4. The molecule has 0 spiro atoms. The van der Waals surface area contributed by atoms with Crippen molar-refractivity contribution in [2.24, 2.45) is 0 Å². The molecule has 4 heterocycles. The average molecular weight is 439 g/mol. The highest BCUT2D eigenvalue weighted by atomic mass is 15.2. The minimum absolute atomic E-state index is 0.855. The van der Waals surface area contributed by atoms with Gasteiger partial charge in [0.25, 0.3) is 0 Å². The average Bonchev–Trinajstić information content (AvgIpc) is 2.87. The maximum absolute atomic E-state index is 2.78. The van der Waals surface area contributed by atoms with Crippen LogP contribution in [-0.2, 0) is 13.1 Å². The maximum atomic E-state index is 2.78. The Morgan fingerprint density at radius 1 is 0.469 bits per heavy atom. The summed E-state index contributed by atoms with van der Waals surface area (Å²) in [6.45, 7) is 12.8. The molecule has 4 heteroatoms. The molecule has 4 aliphatic rings. The van der Waals surface area contributed by atoms with Gasteiger partial charge in [-0.15, -0.1) is 0 Å². The predicted octanol–water partition coefficient (Wildman–Crippen LogP) is 4.59. The first kappa shape index (κ1) is 22.8. The Balaban J connectivity index is 1.03. The van der Waals surface area contributed by atoms with Gasteiger partial charge in [0.2, 0.25) is 0 Å². The SMILES string of the molecule is c1cc(CN2CCC(N3CCCCC3)CC2)ccc1CN1CCC(N2CCCCC2)CC1. The van der Waals surface area contributed by atoms with Gasteiger partial charge < -0.3 is 9.80 Å². The molecule has 4 aliphatic heterocycles. The van der Waals surface area contributed by atoms with Gasteiger partial charge in [-0.2, -0.15) is 0 Å². The van der Waals surface area contributed by atoms with Gasteiger partial charge in [-0.05, 0) is 115 Å². The van der Waals surface area contributed by atoms with Crippen molar-refractivity contribution in [3.8, 4) is 0 Å². The van der Waals surface area contributed by atoms with Crippen LogP contribution in [0.4, 0.5) is 0 Å². The molecular formula is C28H46N4. The Morgan fingerprint density at radius 3 is 1.16 bits per heavy atom. The van der Waals surface area contributed by atoms with Gasteiger partial charge >= 0.3 is 0 Å². The van der Waals surface area contributed by atoms with E-state index in [9.17, 15) is 0 Å². The molecular weight excluding hydrogens is 392 g/mol. The van der Waals surface area contributed by atoms with Crippen LogP contribution < -0.4 is 0 Å². The fraction of sp³-hybridized carbons (Fsp3) is 0.786. The van der Waals surface area contributed by atoms with E-state index in [2.05, 4.69) is 43.9 Å². The van der Waals surface area contributed by atoms with Gasteiger partial charge in [0.15, 0.2) is 0 Å². The highest BCUT2D eigenvalue weighted by Gasteiger charge is 2.26. The first-order chi connectivity index (χ1) is 15.8. The van der Waals surface area contributed by atoms with Crippen LogP contribution >= 0.6 is 0 Å². The van der Waals surface area contributed by atoms with Gasteiger partial charge in [-0.3, -0.25) is 9.80 Å². The Morgan fingerprint density at radius 2 is 0.812 bits per heavy atom. The lowest BCUT2D eigenvalue weighted by Gasteiger charge is -2.40.